The van der Waals surface area contributed by atoms with Crippen molar-refractivity contribution in [2.24, 2.45) is 0 Å². The maximum absolute atomic E-state index is 12.2. The van der Waals surface area contributed by atoms with Crippen LogP contribution in [-0.2, 0) is 0 Å². The average Bonchev–Trinajstić information content (AvgIpc) is 2.58. The first-order valence-corrected chi connectivity index (χ1v) is 9.20. The lowest BCUT2D eigenvalue weighted by atomic mass is 10.1. The molecular formula is C20H20O3S. The van der Waals surface area contributed by atoms with Gasteiger partial charge in [0, 0.05) is 17.1 Å². The van der Waals surface area contributed by atoms with Gasteiger partial charge in [0.05, 0.1) is 6.61 Å². The van der Waals surface area contributed by atoms with Gasteiger partial charge in [-0.25, -0.2) is 0 Å². The Balaban J connectivity index is 1.58. The number of hydrogen-bond donors (Lipinski definition) is 0. The van der Waals surface area contributed by atoms with Crippen LogP contribution in [-0.4, -0.2) is 30.0 Å². The fourth-order valence-electron chi connectivity index (χ4n) is 2.28. The molecule has 4 heteroatoms. The second-order valence-corrected chi connectivity index (χ2v) is 6.58. The fourth-order valence-corrected chi connectivity index (χ4v) is 2.85. The molecule has 0 unspecified atom stereocenters. The summed E-state index contributed by atoms with van der Waals surface area (Å²) in [6.45, 7) is 2.55. The predicted molar refractivity (Wildman–Crippen MR) is 99.2 cm³/mol. The molecule has 124 valence electrons. The van der Waals surface area contributed by atoms with Gasteiger partial charge >= 0.3 is 0 Å². The number of thioether (sulfide) groups is 1. The number of hydrogen-bond acceptors (Lipinski definition) is 4. The Kier molecular flexibility index (Phi) is 5.59. The summed E-state index contributed by atoms with van der Waals surface area (Å²) < 4.78 is 11.2. The molecular weight excluding hydrogens is 320 g/mol. The molecule has 3 rings (SSSR count). The third kappa shape index (κ3) is 4.42. The number of carbonyl (C=O) groups excluding carboxylic acids is 1. The Morgan fingerprint density at radius 1 is 1.08 bits per heavy atom. The Morgan fingerprint density at radius 2 is 1.75 bits per heavy atom. The van der Waals surface area contributed by atoms with Gasteiger partial charge in [0.2, 0.25) is 0 Å². The highest BCUT2D eigenvalue weighted by Crippen LogP contribution is 2.24. The largest absolute Gasteiger partial charge is 0.494 e. The maximum Gasteiger partial charge on any atom is 0.185 e. The van der Waals surface area contributed by atoms with Crippen LogP contribution in [0.5, 0.6) is 11.5 Å². The average molecular weight is 340 g/mol. The first-order chi connectivity index (χ1) is 11.7. The lowest BCUT2D eigenvalue weighted by molar-refractivity contribution is 0.104. The van der Waals surface area contributed by atoms with Gasteiger partial charge in [0.25, 0.3) is 0 Å². The van der Waals surface area contributed by atoms with Crippen molar-refractivity contribution in [3.8, 4) is 11.5 Å². The van der Waals surface area contributed by atoms with Gasteiger partial charge in [-0.2, -0.15) is 11.8 Å². The van der Waals surface area contributed by atoms with E-state index in [0.717, 1.165) is 28.6 Å². The van der Waals surface area contributed by atoms with Crippen LogP contribution < -0.4 is 9.47 Å². The van der Waals surface area contributed by atoms with Crippen LogP contribution in [0.4, 0.5) is 0 Å². The number of allylic oxidation sites excluding steroid dienone is 1. The molecule has 0 radical (unpaired) electrons. The molecule has 1 heterocycles. The standard InChI is InChI=1S/C20H20O3S/c1-2-22-17-10-6-16(7-11-17)20(21)12-5-15-3-8-18(9-4-15)23-19-13-24-14-19/h3-12,19H,2,13-14H2,1H3/b12-5-. The van der Waals surface area contributed by atoms with Crippen molar-refractivity contribution in [2.75, 3.05) is 18.1 Å². The zero-order valence-corrected chi connectivity index (χ0v) is 14.4. The molecule has 2 aromatic rings. The van der Waals surface area contributed by atoms with E-state index in [1.165, 1.54) is 0 Å². The van der Waals surface area contributed by atoms with Crippen LogP contribution in [0.2, 0.25) is 0 Å². The summed E-state index contributed by atoms with van der Waals surface area (Å²) in [5.74, 6) is 3.77. The summed E-state index contributed by atoms with van der Waals surface area (Å²) in [5, 5.41) is 0. The molecule has 0 atom stereocenters. The summed E-state index contributed by atoms with van der Waals surface area (Å²) in [7, 11) is 0. The van der Waals surface area contributed by atoms with Gasteiger partial charge in [-0.15, -0.1) is 0 Å². The highest BCUT2D eigenvalue weighted by molar-refractivity contribution is 8.00. The van der Waals surface area contributed by atoms with E-state index in [-0.39, 0.29) is 5.78 Å². The van der Waals surface area contributed by atoms with Crippen molar-refractivity contribution >= 4 is 23.6 Å². The monoisotopic (exact) mass is 340 g/mol. The van der Waals surface area contributed by atoms with Gasteiger partial charge in [-0.05, 0) is 55.0 Å². The molecule has 24 heavy (non-hydrogen) atoms. The van der Waals surface area contributed by atoms with Gasteiger partial charge in [-0.1, -0.05) is 18.2 Å². The molecule has 0 N–H and O–H groups in total. The normalized spacial score (nSPS) is 14.4. The Labute approximate surface area is 146 Å². The van der Waals surface area contributed by atoms with Gasteiger partial charge < -0.3 is 9.47 Å². The second-order valence-electron chi connectivity index (χ2n) is 5.50. The summed E-state index contributed by atoms with van der Waals surface area (Å²) >= 11 is 1.90. The molecule has 0 saturated carbocycles. The molecule has 0 aliphatic carbocycles. The minimum absolute atomic E-state index is 0.0233. The van der Waals surface area contributed by atoms with E-state index in [2.05, 4.69) is 0 Å². The minimum Gasteiger partial charge on any atom is -0.494 e. The first kappa shape index (κ1) is 16.7. The smallest absolute Gasteiger partial charge is 0.185 e. The van der Waals surface area contributed by atoms with E-state index in [4.69, 9.17) is 9.47 Å². The zero-order valence-electron chi connectivity index (χ0n) is 13.6. The highest BCUT2D eigenvalue weighted by Gasteiger charge is 2.19. The number of ketones is 1. The van der Waals surface area contributed by atoms with Gasteiger partial charge in [0.15, 0.2) is 5.78 Å². The SMILES string of the molecule is CCOc1ccc(C(=O)/C=C\c2ccc(OC3CSC3)cc2)cc1. The van der Waals surface area contributed by atoms with Crippen molar-refractivity contribution in [1.29, 1.82) is 0 Å². The fraction of sp³-hybridized carbons (Fsp3) is 0.250. The molecule has 0 bridgehead atoms. The highest BCUT2D eigenvalue weighted by atomic mass is 32.2. The van der Waals surface area contributed by atoms with Crippen LogP contribution in [0.25, 0.3) is 6.08 Å². The number of benzene rings is 2. The van der Waals surface area contributed by atoms with Crippen molar-refractivity contribution in [3.63, 3.8) is 0 Å². The van der Waals surface area contributed by atoms with Crippen molar-refractivity contribution in [3.05, 3.63) is 65.7 Å². The van der Waals surface area contributed by atoms with Crippen LogP contribution >= 0.6 is 11.8 Å². The molecule has 1 saturated heterocycles. The minimum atomic E-state index is -0.0233. The molecule has 1 aliphatic rings. The predicted octanol–water partition coefficient (Wildman–Crippen LogP) is 4.48. The number of rotatable bonds is 7. The lowest BCUT2D eigenvalue weighted by Gasteiger charge is -2.25. The van der Waals surface area contributed by atoms with E-state index >= 15 is 0 Å². The molecule has 0 spiro atoms. The van der Waals surface area contributed by atoms with Gasteiger partial charge in [0.1, 0.15) is 17.6 Å². The first-order valence-electron chi connectivity index (χ1n) is 8.04. The quantitative estimate of drug-likeness (QED) is 0.550. The maximum atomic E-state index is 12.2. The Bertz CT molecular complexity index is 701. The number of ether oxygens (including phenoxy) is 2. The Hall–Kier alpha value is -2.20. The summed E-state index contributed by atoms with van der Waals surface area (Å²) in [6, 6.07) is 15.0. The van der Waals surface area contributed by atoms with E-state index in [0.29, 0.717) is 18.3 Å². The molecule has 2 aromatic carbocycles. The van der Waals surface area contributed by atoms with Crippen molar-refractivity contribution in [1.82, 2.24) is 0 Å². The molecule has 1 aliphatic heterocycles. The van der Waals surface area contributed by atoms with E-state index in [9.17, 15) is 4.79 Å². The molecule has 0 amide bonds. The zero-order chi connectivity index (χ0) is 16.8. The Morgan fingerprint density at radius 3 is 2.33 bits per heavy atom. The van der Waals surface area contributed by atoms with E-state index in [1.54, 1.807) is 18.2 Å². The van der Waals surface area contributed by atoms with Gasteiger partial charge in [-0.3, -0.25) is 4.79 Å². The van der Waals surface area contributed by atoms with E-state index in [1.807, 2.05) is 61.2 Å². The molecule has 0 aromatic heterocycles. The molecule has 3 nitrogen and oxygen atoms in total. The summed E-state index contributed by atoms with van der Waals surface area (Å²) in [5.41, 5.74) is 1.63. The van der Waals surface area contributed by atoms with Crippen LogP contribution in [0, 0.1) is 0 Å². The van der Waals surface area contributed by atoms with Crippen LogP contribution in [0.1, 0.15) is 22.8 Å². The lowest BCUT2D eigenvalue weighted by Crippen LogP contribution is -2.30. The third-order valence-corrected chi connectivity index (χ3v) is 4.88. The third-order valence-electron chi connectivity index (χ3n) is 3.67. The second kappa shape index (κ2) is 8.06. The van der Waals surface area contributed by atoms with Crippen molar-refractivity contribution in [2.45, 2.75) is 13.0 Å². The summed E-state index contributed by atoms with van der Waals surface area (Å²) in [6.07, 6.45) is 3.76. The van der Waals surface area contributed by atoms with Crippen LogP contribution in [0.15, 0.2) is 54.6 Å². The van der Waals surface area contributed by atoms with Crippen molar-refractivity contribution < 1.29 is 14.3 Å². The number of carbonyl (C=O) groups is 1. The summed E-state index contributed by atoms with van der Waals surface area (Å²) in [4.78, 5) is 12.2. The van der Waals surface area contributed by atoms with E-state index < -0.39 is 0 Å². The topological polar surface area (TPSA) is 35.5 Å². The molecule has 1 fully saturated rings. The van der Waals surface area contributed by atoms with Crippen LogP contribution in [0.3, 0.4) is 0 Å².